The molecule has 3 nitrogen and oxygen atoms in total. The Bertz CT molecular complexity index is 178. The summed E-state index contributed by atoms with van der Waals surface area (Å²) < 4.78 is 5.42. The van der Waals surface area contributed by atoms with Crippen molar-refractivity contribution >= 4 is 6.09 Å². The summed E-state index contributed by atoms with van der Waals surface area (Å²) in [4.78, 5) is 13.6. The van der Waals surface area contributed by atoms with Crippen LogP contribution in [0.15, 0.2) is 0 Å². The van der Waals surface area contributed by atoms with Crippen LogP contribution in [0.4, 0.5) is 4.79 Å². The number of nitrogens with zero attached hydrogens (tertiary/aromatic N) is 1. The highest BCUT2D eigenvalue weighted by Crippen LogP contribution is 2.11. The highest BCUT2D eigenvalue weighted by atomic mass is 16.6. The summed E-state index contributed by atoms with van der Waals surface area (Å²) in [6, 6.07) is 0.374. The fourth-order valence-corrected chi connectivity index (χ4v) is 1.68. The zero-order valence-corrected chi connectivity index (χ0v) is 10.9. The van der Waals surface area contributed by atoms with Gasteiger partial charge in [-0.2, -0.15) is 0 Å². The molecule has 90 valence electrons. The number of rotatable bonds is 5. The normalized spacial score (nSPS) is 11.3. The van der Waals surface area contributed by atoms with Crippen molar-refractivity contribution in [3.05, 3.63) is 0 Å². The Morgan fingerprint density at radius 3 is 1.73 bits per heavy atom. The van der Waals surface area contributed by atoms with Crippen LogP contribution in [-0.2, 0) is 4.74 Å². The molecule has 0 aliphatic carbocycles. The van der Waals surface area contributed by atoms with Crippen molar-refractivity contribution in [2.24, 2.45) is 0 Å². The Kier molecular flexibility index (Phi) is 6.37. The number of carbonyl (C=O) groups excluding carboxylic acids is 1. The summed E-state index contributed by atoms with van der Waals surface area (Å²) in [7, 11) is 0. The maximum absolute atomic E-state index is 11.9. The molecule has 0 unspecified atom stereocenters. The molecule has 0 spiro atoms. The van der Waals surface area contributed by atoms with E-state index in [4.69, 9.17) is 4.74 Å². The molecule has 0 bridgehead atoms. The first-order chi connectivity index (χ1) is 6.93. The summed E-state index contributed by atoms with van der Waals surface area (Å²) in [6.07, 6.45) is 1.63. The van der Waals surface area contributed by atoms with Gasteiger partial charge in [-0.05, 0) is 40.5 Å². The molecule has 0 aliphatic rings. The molecule has 0 N–H and O–H groups in total. The second-order valence-corrected chi connectivity index (χ2v) is 4.42. The van der Waals surface area contributed by atoms with Gasteiger partial charge in [-0.25, -0.2) is 4.79 Å². The first-order valence-electron chi connectivity index (χ1n) is 5.92. The quantitative estimate of drug-likeness (QED) is 0.703. The molecule has 3 heteroatoms. The molecular formula is C12H25NO2. The molecule has 15 heavy (non-hydrogen) atoms. The zero-order chi connectivity index (χ0) is 12.0. The van der Waals surface area contributed by atoms with Gasteiger partial charge < -0.3 is 9.64 Å². The standard InChI is InChI=1S/C12H25NO2/c1-7-11(8-2)15-12(14)13(9(3)4)10(5)6/h9-11H,7-8H2,1-6H3. The van der Waals surface area contributed by atoms with E-state index in [1.54, 1.807) is 4.90 Å². The number of ether oxygens (including phenoxy) is 1. The van der Waals surface area contributed by atoms with Gasteiger partial charge in [-0.15, -0.1) is 0 Å². The van der Waals surface area contributed by atoms with Gasteiger partial charge >= 0.3 is 6.09 Å². The lowest BCUT2D eigenvalue weighted by molar-refractivity contribution is 0.0425. The van der Waals surface area contributed by atoms with Crippen LogP contribution in [0.3, 0.4) is 0 Å². The minimum atomic E-state index is -0.186. The van der Waals surface area contributed by atoms with Crippen LogP contribution in [0.2, 0.25) is 0 Å². The van der Waals surface area contributed by atoms with E-state index in [0.717, 1.165) is 12.8 Å². The molecule has 0 aromatic rings. The molecular weight excluding hydrogens is 190 g/mol. The van der Waals surface area contributed by atoms with Crippen LogP contribution in [0.1, 0.15) is 54.4 Å². The van der Waals surface area contributed by atoms with Crippen molar-refractivity contribution in [3.63, 3.8) is 0 Å². The molecule has 0 aliphatic heterocycles. The van der Waals surface area contributed by atoms with Crippen LogP contribution in [0, 0.1) is 0 Å². The van der Waals surface area contributed by atoms with E-state index >= 15 is 0 Å². The average molecular weight is 215 g/mol. The highest BCUT2D eigenvalue weighted by molar-refractivity contribution is 5.68. The predicted molar refractivity (Wildman–Crippen MR) is 63.0 cm³/mol. The summed E-state index contributed by atoms with van der Waals surface area (Å²) in [5, 5.41) is 0. The van der Waals surface area contributed by atoms with Crippen LogP contribution in [0.5, 0.6) is 0 Å². The largest absolute Gasteiger partial charge is 0.446 e. The minimum Gasteiger partial charge on any atom is -0.446 e. The van der Waals surface area contributed by atoms with Crippen molar-refractivity contribution in [2.75, 3.05) is 0 Å². The third-order valence-corrected chi connectivity index (χ3v) is 2.50. The molecule has 0 aromatic carbocycles. The van der Waals surface area contributed by atoms with Gasteiger partial charge in [0.1, 0.15) is 6.10 Å². The van der Waals surface area contributed by atoms with E-state index in [0.29, 0.717) is 0 Å². The first-order valence-corrected chi connectivity index (χ1v) is 5.92. The Morgan fingerprint density at radius 1 is 1.07 bits per heavy atom. The predicted octanol–water partition coefficient (Wildman–Crippen LogP) is 3.43. The van der Waals surface area contributed by atoms with Crippen LogP contribution >= 0.6 is 0 Å². The number of amides is 1. The van der Waals surface area contributed by atoms with Crippen molar-refractivity contribution in [1.29, 1.82) is 0 Å². The lowest BCUT2D eigenvalue weighted by atomic mass is 10.2. The molecule has 0 saturated heterocycles. The smallest absolute Gasteiger partial charge is 0.410 e. The van der Waals surface area contributed by atoms with Crippen molar-refractivity contribution in [2.45, 2.75) is 72.6 Å². The van der Waals surface area contributed by atoms with Crippen LogP contribution < -0.4 is 0 Å². The second kappa shape index (κ2) is 6.70. The summed E-state index contributed by atoms with van der Waals surface area (Å²) in [5.74, 6) is 0. The minimum absolute atomic E-state index is 0.0532. The average Bonchev–Trinajstić information content (AvgIpc) is 2.12. The molecule has 0 radical (unpaired) electrons. The van der Waals surface area contributed by atoms with Gasteiger partial charge in [0.2, 0.25) is 0 Å². The lowest BCUT2D eigenvalue weighted by Crippen LogP contribution is -2.43. The van der Waals surface area contributed by atoms with Gasteiger partial charge in [-0.3, -0.25) is 0 Å². The Morgan fingerprint density at radius 2 is 1.47 bits per heavy atom. The lowest BCUT2D eigenvalue weighted by Gasteiger charge is -2.31. The summed E-state index contributed by atoms with van der Waals surface area (Å²) in [6.45, 7) is 12.1. The van der Waals surface area contributed by atoms with Gasteiger partial charge in [0.05, 0.1) is 0 Å². The van der Waals surface area contributed by atoms with E-state index < -0.39 is 0 Å². The Hall–Kier alpha value is -0.730. The van der Waals surface area contributed by atoms with E-state index in [-0.39, 0.29) is 24.3 Å². The maximum atomic E-state index is 11.9. The third-order valence-electron chi connectivity index (χ3n) is 2.50. The molecule has 0 rings (SSSR count). The second-order valence-electron chi connectivity index (χ2n) is 4.42. The molecule has 1 amide bonds. The number of carbonyl (C=O) groups is 1. The van der Waals surface area contributed by atoms with Crippen molar-refractivity contribution in [3.8, 4) is 0 Å². The van der Waals surface area contributed by atoms with Gasteiger partial charge in [0, 0.05) is 12.1 Å². The Labute approximate surface area is 93.8 Å². The van der Waals surface area contributed by atoms with Gasteiger partial charge in [0.15, 0.2) is 0 Å². The topological polar surface area (TPSA) is 29.5 Å². The number of hydrogen-bond acceptors (Lipinski definition) is 2. The fraction of sp³-hybridized carbons (Fsp3) is 0.917. The fourth-order valence-electron chi connectivity index (χ4n) is 1.68. The highest BCUT2D eigenvalue weighted by Gasteiger charge is 2.23. The zero-order valence-electron chi connectivity index (χ0n) is 10.9. The monoisotopic (exact) mass is 215 g/mol. The molecule has 0 saturated carbocycles. The molecule has 0 fully saturated rings. The van der Waals surface area contributed by atoms with Gasteiger partial charge in [-0.1, -0.05) is 13.8 Å². The Balaban J connectivity index is 4.38. The maximum Gasteiger partial charge on any atom is 0.410 e. The summed E-state index contributed by atoms with van der Waals surface area (Å²) in [5.41, 5.74) is 0. The van der Waals surface area contributed by atoms with E-state index in [1.165, 1.54) is 0 Å². The van der Waals surface area contributed by atoms with E-state index in [9.17, 15) is 4.79 Å². The van der Waals surface area contributed by atoms with Crippen LogP contribution in [0.25, 0.3) is 0 Å². The third kappa shape index (κ3) is 4.54. The SMILES string of the molecule is CCC(CC)OC(=O)N(C(C)C)C(C)C. The van der Waals surface area contributed by atoms with Crippen molar-refractivity contribution in [1.82, 2.24) is 4.90 Å². The van der Waals surface area contributed by atoms with Gasteiger partial charge in [0.25, 0.3) is 0 Å². The van der Waals surface area contributed by atoms with Crippen molar-refractivity contribution < 1.29 is 9.53 Å². The molecule has 0 aromatic heterocycles. The first kappa shape index (κ1) is 14.3. The molecule has 0 heterocycles. The van der Waals surface area contributed by atoms with E-state index in [1.807, 2.05) is 41.5 Å². The molecule has 0 atom stereocenters. The number of hydrogen-bond donors (Lipinski definition) is 0. The summed E-state index contributed by atoms with van der Waals surface area (Å²) >= 11 is 0. The van der Waals surface area contributed by atoms with E-state index in [2.05, 4.69) is 0 Å². The van der Waals surface area contributed by atoms with Crippen LogP contribution in [-0.4, -0.2) is 29.2 Å².